The molecule has 1 fully saturated rings. The Morgan fingerprint density at radius 3 is 3.04 bits per heavy atom. The number of likely N-dealkylation sites (tertiary alicyclic amines) is 1. The van der Waals surface area contributed by atoms with E-state index >= 15 is 0 Å². The van der Waals surface area contributed by atoms with Crippen LogP contribution in [0.1, 0.15) is 35.8 Å². The van der Waals surface area contributed by atoms with Gasteiger partial charge in [-0.3, -0.25) is 9.69 Å². The first-order valence-electron chi connectivity index (χ1n) is 9.26. The number of carbonyl (C=O) groups is 1. The molecule has 1 saturated heterocycles. The van der Waals surface area contributed by atoms with Crippen LogP contribution in [0.15, 0.2) is 28.5 Å². The predicted octanol–water partition coefficient (Wildman–Crippen LogP) is 3.02. The summed E-state index contributed by atoms with van der Waals surface area (Å²) in [6.45, 7) is 5.80. The summed E-state index contributed by atoms with van der Waals surface area (Å²) in [5.74, 6) is 0.859. The van der Waals surface area contributed by atoms with Crippen LogP contribution in [0.3, 0.4) is 0 Å². The van der Waals surface area contributed by atoms with Crippen molar-refractivity contribution in [1.29, 1.82) is 0 Å². The largest absolute Gasteiger partial charge is 0.356 e. The summed E-state index contributed by atoms with van der Waals surface area (Å²) in [5.41, 5.74) is 3.56. The van der Waals surface area contributed by atoms with Crippen LogP contribution in [-0.2, 0) is 4.79 Å². The number of amides is 1. The first-order valence-corrected chi connectivity index (χ1v) is 10.1. The molecule has 0 radical (unpaired) electrons. The van der Waals surface area contributed by atoms with Gasteiger partial charge in [-0.2, -0.15) is 0 Å². The Balaban J connectivity index is 1.45. The number of hydrogen-bond acceptors (Lipinski definition) is 8. The SMILES string of the molecule is Cc1cc(-c2cncnc2C2CCCN(CC(=O)Nc3nc(C)cs3)C2)on1. The normalized spacial score (nSPS) is 17.6. The van der Waals surface area contributed by atoms with Crippen molar-refractivity contribution in [3.8, 4) is 11.3 Å². The van der Waals surface area contributed by atoms with Crippen LogP contribution >= 0.6 is 11.3 Å². The van der Waals surface area contributed by atoms with Crippen LogP contribution < -0.4 is 5.32 Å². The van der Waals surface area contributed by atoms with Crippen LogP contribution in [0.25, 0.3) is 11.3 Å². The van der Waals surface area contributed by atoms with E-state index in [1.165, 1.54) is 11.3 Å². The molecule has 1 atom stereocenters. The first-order chi connectivity index (χ1) is 13.6. The van der Waals surface area contributed by atoms with Gasteiger partial charge >= 0.3 is 0 Å². The van der Waals surface area contributed by atoms with E-state index in [9.17, 15) is 4.79 Å². The molecule has 4 rings (SSSR count). The minimum absolute atomic E-state index is 0.0382. The van der Waals surface area contributed by atoms with E-state index in [0.717, 1.165) is 48.6 Å². The summed E-state index contributed by atoms with van der Waals surface area (Å²) >= 11 is 1.44. The number of piperidine rings is 1. The second-order valence-electron chi connectivity index (χ2n) is 7.07. The average Bonchev–Trinajstić information content (AvgIpc) is 3.30. The van der Waals surface area contributed by atoms with Crippen LogP contribution in [0.2, 0.25) is 0 Å². The highest BCUT2D eigenvalue weighted by Gasteiger charge is 2.27. The molecule has 1 unspecified atom stereocenters. The molecular weight excluding hydrogens is 376 g/mol. The topological polar surface area (TPSA) is 97.0 Å². The van der Waals surface area contributed by atoms with Crippen molar-refractivity contribution in [2.45, 2.75) is 32.6 Å². The van der Waals surface area contributed by atoms with Crippen molar-refractivity contribution in [2.24, 2.45) is 0 Å². The van der Waals surface area contributed by atoms with Crippen LogP contribution in [-0.4, -0.2) is 50.5 Å². The lowest BCUT2D eigenvalue weighted by atomic mass is 9.91. The maximum absolute atomic E-state index is 12.4. The number of aromatic nitrogens is 4. The van der Waals surface area contributed by atoms with Crippen LogP contribution in [0, 0.1) is 13.8 Å². The van der Waals surface area contributed by atoms with Gasteiger partial charge in [0.2, 0.25) is 5.91 Å². The molecule has 1 aliphatic heterocycles. The average molecular weight is 398 g/mol. The van der Waals surface area contributed by atoms with E-state index in [0.29, 0.717) is 17.4 Å². The Kier molecular flexibility index (Phi) is 5.45. The fourth-order valence-electron chi connectivity index (χ4n) is 3.54. The fourth-order valence-corrected chi connectivity index (χ4v) is 4.24. The smallest absolute Gasteiger partial charge is 0.240 e. The number of aryl methyl sites for hydroxylation is 2. The molecule has 0 aromatic carbocycles. The zero-order valence-corrected chi connectivity index (χ0v) is 16.7. The highest BCUT2D eigenvalue weighted by Crippen LogP contribution is 2.32. The number of thiazole rings is 1. The highest BCUT2D eigenvalue weighted by atomic mass is 32.1. The molecule has 3 aromatic heterocycles. The second-order valence-corrected chi connectivity index (χ2v) is 7.93. The van der Waals surface area contributed by atoms with Gasteiger partial charge in [0.15, 0.2) is 10.9 Å². The molecule has 0 saturated carbocycles. The van der Waals surface area contributed by atoms with Crippen molar-refractivity contribution >= 4 is 22.4 Å². The number of anilines is 1. The maximum atomic E-state index is 12.4. The molecular formula is C19H22N6O2S. The standard InChI is InChI=1S/C19H22N6O2S/c1-12-6-16(27-24-12)15-7-20-11-21-18(15)14-4-3-5-25(8-14)9-17(26)23-19-22-13(2)10-28-19/h6-7,10-11,14H,3-5,8-9H2,1-2H3,(H,22,23,26). The first kappa shape index (κ1) is 18.7. The van der Waals surface area contributed by atoms with Gasteiger partial charge in [-0.15, -0.1) is 11.3 Å². The molecule has 0 bridgehead atoms. The predicted molar refractivity (Wildman–Crippen MR) is 106 cm³/mol. The molecule has 3 aromatic rings. The Bertz CT molecular complexity index is 969. The van der Waals surface area contributed by atoms with Crippen molar-refractivity contribution in [2.75, 3.05) is 25.0 Å². The lowest BCUT2D eigenvalue weighted by molar-refractivity contribution is -0.117. The lowest BCUT2D eigenvalue weighted by Crippen LogP contribution is -2.40. The lowest BCUT2D eigenvalue weighted by Gasteiger charge is -2.32. The summed E-state index contributed by atoms with van der Waals surface area (Å²) in [6.07, 6.45) is 5.37. The molecule has 9 heteroatoms. The second kappa shape index (κ2) is 8.15. The van der Waals surface area contributed by atoms with E-state index in [-0.39, 0.29) is 11.8 Å². The molecule has 0 aliphatic carbocycles. The quantitative estimate of drug-likeness (QED) is 0.705. The summed E-state index contributed by atoms with van der Waals surface area (Å²) < 4.78 is 5.43. The van der Waals surface area contributed by atoms with Crippen LogP contribution in [0.5, 0.6) is 0 Å². The van der Waals surface area contributed by atoms with Gasteiger partial charge in [-0.25, -0.2) is 15.0 Å². The molecule has 146 valence electrons. The number of rotatable bonds is 5. The molecule has 1 amide bonds. The summed E-state index contributed by atoms with van der Waals surface area (Å²) in [4.78, 5) is 27.5. The number of carbonyl (C=O) groups excluding carboxylic acids is 1. The zero-order chi connectivity index (χ0) is 19.5. The van der Waals surface area contributed by atoms with Gasteiger partial charge < -0.3 is 9.84 Å². The number of nitrogens with zero attached hydrogens (tertiary/aromatic N) is 5. The zero-order valence-electron chi connectivity index (χ0n) is 15.9. The molecule has 1 N–H and O–H groups in total. The molecule has 0 spiro atoms. The summed E-state index contributed by atoms with van der Waals surface area (Å²) in [5, 5.41) is 9.43. The van der Waals surface area contributed by atoms with Crippen LogP contribution in [0.4, 0.5) is 5.13 Å². The third-order valence-electron chi connectivity index (χ3n) is 4.76. The van der Waals surface area contributed by atoms with Crippen molar-refractivity contribution in [3.05, 3.63) is 41.1 Å². The minimum atomic E-state index is -0.0382. The van der Waals surface area contributed by atoms with Crippen molar-refractivity contribution < 1.29 is 9.32 Å². The van der Waals surface area contributed by atoms with Gasteiger partial charge in [0.25, 0.3) is 0 Å². The van der Waals surface area contributed by atoms with E-state index in [1.807, 2.05) is 25.3 Å². The minimum Gasteiger partial charge on any atom is -0.356 e. The van der Waals surface area contributed by atoms with Crippen molar-refractivity contribution in [1.82, 2.24) is 25.0 Å². The molecule has 4 heterocycles. The van der Waals surface area contributed by atoms with Gasteiger partial charge in [-0.05, 0) is 33.2 Å². The number of nitrogens with one attached hydrogen (secondary N) is 1. The number of hydrogen-bond donors (Lipinski definition) is 1. The highest BCUT2D eigenvalue weighted by molar-refractivity contribution is 7.13. The third kappa shape index (κ3) is 4.26. The Hall–Kier alpha value is -2.65. The third-order valence-corrected chi connectivity index (χ3v) is 5.64. The van der Waals surface area contributed by atoms with E-state index in [1.54, 1.807) is 12.5 Å². The maximum Gasteiger partial charge on any atom is 0.240 e. The fraction of sp³-hybridized carbons (Fsp3) is 0.421. The molecule has 28 heavy (non-hydrogen) atoms. The van der Waals surface area contributed by atoms with E-state index in [4.69, 9.17) is 4.52 Å². The Labute approximate surface area is 167 Å². The molecule has 8 nitrogen and oxygen atoms in total. The van der Waals surface area contributed by atoms with Gasteiger partial charge in [-0.1, -0.05) is 5.16 Å². The van der Waals surface area contributed by atoms with Crippen molar-refractivity contribution in [3.63, 3.8) is 0 Å². The monoisotopic (exact) mass is 398 g/mol. The summed E-state index contributed by atoms with van der Waals surface area (Å²) in [6, 6.07) is 1.90. The van der Waals surface area contributed by atoms with Gasteiger partial charge in [0, 0.05) is 30.1 Å². The van der Waals surface area contributed by atoms with Gasteiger partial charge in [0.1, 0.15) is 6.33 Å². The summed E-state index contributed by atoms with van der Waals surface area (Å²) in [7, 11) is 0. The Morgan fingerprint density at radius 1 is 1.39 bits per heavy atom. The van der Waals surface area contributed by atoms with E-state index in [2.05, 4.69) is 30.3 Å². The Morgan fingerprint density at radius 2 is 2.29 bits per heavy atom. The van der Waals surface area contributed by atoms with E-state index < -0.39 is 0 Å². The van der Waals surface area contributed by atoms with Gasteiger partial charge in [0.05, 0.1) is 29.2 Å². The molecule has 1 aliphatic rings.